The molecule has 0 saturated heterocycles. The minimum atomic E-state index is -1.02. The number of aryl methyl sites for hydroxylation is 1. The summed E-state index contributed by atoms with van der Waals surface area (Å²) in [4.78, 5) is 19.3. The first-order valence-corrected chi connectivity index (χ1v) is 9.74. The van der Waals surface area contributed by atoms with Crippen molar-refractivity contribution >= 4 is 50.7 Å². The standard InChI is InChI=1S/C18H10BrCl2FN4O3/c19-9-4-12(21)17-23-14(7-26(17)6-9)18-24-16(25-29-18)10-5-13(22)8(3-11(10)20)1-2-15(27)28/h3-7H,1-2H2,(H,27,28). The summed E-state index contributed by atoms with van der Waals surface area (Å²) in [6.07, 6.45) is 3.26. The number of hydrogen-bond acceptors (Lipinski definition) is 5. The van der Waals surface area contributed by atoms with E-state index in [1.807, 2.05) is 0 Å². The Morgan fingerprint density at radius 2 is 2.00 bits per heavy atom. The van der Waals surface area contributed by atoms with E-state index in [1.165, 1.54) is 6.07 Å². The topological polar surface area (TPSA) is 93.5 Å². The fourth-order valence-corrected chi connectivity index (χ4v) is 3.87. The number of nitrogens with zero attached hydrogens (tertiary/aromatic N) is 4. The highest BCUT2D eigenvalue weighted by molar-refractivity contribution is 9.10. The maximum absolute atomic E-state index is 14.3. The first-order chi connectivity index (χ1) is 13.8. The molecule has 29 heavy (non-hydrogen) atoms. The highest BCUT2D eigenvalue weighted by Crippen LogP contribution is 2.31. The zero-order valence-corrected chi connectivity index (χ0v) is 17.5. The number of carbonyl (C=O) groups is 1. The molecule has 3 aromatic heterocycles. The van der Waals surface area contributed by atoms with Crippen LogP contribution in [0.4, 0.5) is 4.39 Å². The number of aromatic nitrogens is 4. The maximum atomic E-state index is 14.3. The molecule has 0 aliphatic heterocycles. The van der Waals surface area contributed by atoms with E-state index >= 15 is 0 Å². The van der Waals surface area contributed by atoms with Crippen molar-refractivity contribution < 1.29 is 18.8 Å². The van der Waals surface area contributed by atoms with Crippen molar-refractivity contribution in [2.45, 2.75) is 12.8 Å². The number of halogens is 4. The smallest absolute Gasteiger partial charge is 0.303 e. The van der Waals surface area contributed by atoms with Gasteiger partial charge < -0.3 is 14.0 Å². The largest absolute Gasteiger partial charge is 0.481 e. The Morgan fingerprint density at radius 3 is 2.76 bits per heavy atom. The lowest BCUT2D eigenvalue weighted by molar-refractivity contribution is -0.136. The van der Waals surface area contributed by atoms with Crippen LogP contribution in [0.3, 0.4) is 0 Å². The Bertz CT molecular complexity index is 1260. The van der Waals surface area contributed by atoms with Crippen LogP contribution in [-0.2, 0) is 11.2 Å². The lowest BCUT2D eigenvalue weighted by atomic mass is 10.1. The number of carboxylic acids is 1. The molecule has 7 nitrogen and oxygen atoms in total. The summed E-state index contributed by atoms with van der Waals surface area (Å²) >= 11 is 15.8. The van der Waals surface area contributed by atoms with Crippen LogP contribution in [0.1, 0.15) is 12.0 Å². The molecular formula is C18H10BrCl2FN4O3. The van der Waals surface area contributed by atoms with E-state index in [0.29, 0.717) is 16.4 Å². The molecule has 0 bridgehead atoms. The summed E-state index contributed by atoms with van der Waals surface area (Å²) in [6, 6.07) is 4.24. The minimum absolute atomic E-state index is 0.0240. The van der Waals surface area contributed by atoms with Gasteiger partial charge in [0.05, 0.1) is 10.0 Å². The van der Waals surface area contributed by atoms with Gasteiger partial charge in [-0.3, -0.25) is 4.79 Å². The van der Waals surface area contributed by atoms with Gasteiger partial charge in [-0.2, -0.15) is 4.98 Å². The van der Waals surface area contributed by atoms with Gasteiger partial charge in [0.25, 0.3) is 5.89 Å². The molecule has 4 aromatic rings. The number of hydrogen-bond donors (Lipinski definition) is 1. The lowest BCUT2D eigenvalue weighted by Gasteiger charge is -2.05. The van der Waals surface area contributed by atoms with Gasteiger partial charge in [-0.25, -0.2) is 9.37 Å². The normalized spacial score (nSPS) is 11.3. The molecule has 0 spiro atoms. The third-order valence-electron chi connectivity index (χ3n) is 4.10. The molecular weight excluding hydrogens is 490 g/mol. The zero-order chi connectivity index (χ0) is 20.7. The van der Waals surface area contributed by atoms with Gasteiger partial charge in [0.2, 0.25) is 5.82 Å². The average Bonchev–Trinajstić information content (AvgIpc) is 3.28. The van der Waals surface area contributed by atoms with Crippen molar-refractivity contribution in [2.75, 3.05) is 0 Å². The van der Waals surface area contributed by atoms with Crippen molar-refractivity contribution in [3.05, 3.63) is 56.5 Å². The van der Waals surface area contributed by atoms with Gasteiger partial charge >= 0.3 is 5.97 Å². The first kappa shape index (κ1) is 19.8. The fraction of sp³-hybridized carbons (Fsp3) is 0.111. The highest BCUT2D eigenvalue weighted by atomic mass is 79.9. The van der Waals surface area contributed by atoms with Crippen LogP contribution in [-0.4, -0.2) is 30.6 Å². The van der Waals surface area contributed by atoms with Crippen LogP contribution < -0.4 is 0 Å². The monoisotopic (exact) mass is 498 g/mol. The van der Waals surface area contributed by atoms with Crippen molar-refractivity contribution in [1.82, 2.24) is 19.5 Å². The van der Waals surface area contributed by atoms with Gasteiger partial charge in [-0.1, -0.05) is 28.4 Å². The van der Waals surface area contributed by atoms with E-state index in [4.69, 9.17) is 32.8 Å². The molecule has 11 heteroatoms. The molecule has 0 unspecified atom stereocenters. The Hall–Kier alpha value is -2.49. The number of benzene rings is 1. The van der Waals surface area contributed by atoms with Crippen molar-refractivity contribution in [3.63, 3.8) is 0 Å². The summed E-state index contributed by atoms with van der Waals surface area (Å²) < 4.78 is 22.1. The number of aliphatic carboxylic acids is 1. The molecule has 1 N–H and O–H groups in total. The number of rotatable bonds is 5. The van der Waals surface area contributed by atoms with Crippen LogP contribution >= 0.6 is 39.1 Å². The molecule has 148 valence electrons. The zero-order valence-electron chi connectivity index (χ0n) is 14.4. The summed E-state index contributed by atoms with van der Waals surface area (Å²) in [5, 5.41) is 13.2. The Labute approximate surface area is 181 Å². The summed E-state index contributed by atoms with van der Waals surface area (Å²) in [7, 11) is 0. The molecule has 4 rings (SSSR count). The highest BCUT2D eigenvalue weighted by Gasteiger charge is 2.19. The maximum Gasteiger partial charge on any atom is 0.303 e. The van der Waals surface area contributed by atoms with Gasteiger partial charge in [-0.05, 0) is 46.1 Å². The van der Waals surface area contributed by atoms with Crippen LogP contribution in [0.2, 0.25) is 10.0 Å². The predicted molar refractivity (Wildman–Crippen MR) is 108 cm³/mol. The van der Waals surface area contributed by atoms with Gasteiger partial charge in [-0.15, -0.1) is 0 Å². The molecule has 0 atom stereocenters. The minimum Gasteiger partial charge on any atom is -0.481 e. The first-order valence-electron chi connectivity index (χ1n) is 8.19. The van der Waals surface area contributed by atoms with Gasteiger partial charge in [0.15, 0.2) is 5.65 Å². The second kappa shape index (κ2) is 7.74. The predicted octanol–water partition coefficient (Wildman–Crippen LogP) is 5.28. The molecule has 0 amide bonds. The third-order valence-corrected chi connectivity index (χ3v) is 5.13. The number of imidazole rings is 1. The van der Waals surface area contributed by atoms with Crippen LogP contribution in [0.5, 0.6) is 0 Å². The molecule has 0 saturated carbocycles. The summed E-state index contributed by atoms with van der Waals surface area (Å²) in [5.74, 6) is -1.42. The Kier molecular flexibility index (Phi) is 5.28. The summed E-state index contributed by atoms with van der Waals surface area (Å²) in [5.41, 5.74) is 1.32. The molecule has 0 radical (unpaired) electrons. The van der Waals surface area contributed by atoms with Crippen molar-refractivity contribution in [3.8, 4) is 23.0 Å². The average molecular weight is 500 g/mol. The Morgan fingerprint density at radius 1 is 1.21 bits per heavy atom. The SMILES string of the molecule is O=C(O)CCc1cc(Cl)c(-c2noc(-c3cn4cc(Br)cc(Cl)c4n3)n2)cc1F. The fourth-order valence-electron chi connectivity index (χ4n) is 2.76. The number of fused-ring (bicyclic) bond motifs is 1. The van der Waals surface area contributed by atoms with Gasteiger partial charge in [0, 0.05) is 28.9 Å². The molecule has 0 aliphatic rings. The molecule has 0 fully saturated rings. The quantitative estimate of drug-likeness (QED) is 0.401. The second-order valence-corrected chi connectivity index (χ2v) is 7.83. The van der Waals surface area contributed by atoms with Crippen molar-refractivity contribution in [1.29, 1.82) is 0 Å². The summed E-state index contributed by atoms with van der Waals surface area (Å²) in [6.45, 7) is 0. The Balaban J connectivity index is 1.68. The molecule has 3 heterocycles. The number of carboxylic acid groups (broad SMARTS) is 1. The van der Waals surface area contributed by atoms with E-state index < -0.39 is 11.8 Å². The third kappa shape index (κ3) is 3.98. The van der Waals surface area contributed by atoms with Crippen molar-refractivity contribution in [2.24, 2.45) is 0 Å². The van der Waals surface area contributed by atoms with Crippen LogP contribution in [0, 0.1) is 5.82 Å². The number of pyridine rings is 1. The molecule has 1 aromatic carbocycles. The van der Waals surface area contributed by atoms with E-state index in [1.54, 1.807) is 22.9 Å². The van der Waals surface area contributed by atoms with E-state index in [9.17, 15) is 9.18 Å². The van der Waals surface area contributed by atoms with Crippen LogP contribution in [0.25, 0.3) is 28.6 Å². The van der Waals surface area contributed by atoms with E-state index in [-0.39, 0.29) is 40.7 Å². The lowest BCUT2D eigenvalue weighted by Crippen LogP contribution is -2.00. The second-order valence-electron chi connectivity index (χ2n) is 6.10. The van der Waals surface area contributed by atoms with Crippen LogP contribution in [0.15, 0.2) is 39.6 Å². The van der Waals surface area contributed by atoms with Gasteiger partial charge in [0.1, 0.15) is 11.5 Å². The van der Waals surface area contributed by atoms with E-state index in [2.05, 4.69) is 31.1 Å². The molecule has 0 aliphatic carbocycles. The van der Waals surface area contributed by atoms with E-state index in [0.717, 1.165) is 10.5 Å².